The number of nitrogens with zero attached hydrogens (tertiary/aromatic N) is 4. The highest BCUT2D eigenvalue weighted by atomic mass is 127. The summed E-state index contributed by atoms with van der Waals surface area (Å²) in [6, 6.07) is 14.4. The predicted molar refractivity (Wildman–Crippen MR) is 111 cm³/mol. The molecule has 0 spiro atoms. The molecule has 0 fully saturated rings. The van der Waals surface area contributed by atoms with Gasteiger partial charge in [-0.2, -0.15) is 15.8 Å². The normalized spacial score (nSPS) is 24.2. The molecule has 136 valence electrons. The quantitative estimate of drug-likeness (QED) is 0.684. The summed E-state index contributed by atoms with van der Waals surface area (Å²) in [5, 5.41) is 29.8. The molecule has 1 aromatic rings. The molecule has 1 aliphatic carbocycles. The molecule has 1 heterocycles. The van der Waals surface area contributed by atoms with Crippen molar-refractivity contribution < 1.29 is 0 Å². The van der Waals surface area contributed by atoms with E-state index in [1.165, 1.54) is 0 Å². The monoisotopic (exact) mass is 469 g/mol. The summed E-state index contributed by atoms with van der Waals surface area (Å²) >= 11 is 2.23. The summed E-state index contributed by atoms with van der Waals surface area (Å²) in [6.45, 7) is 4.53. The average Bonchev–Trinajstić information content (AvgIpc) is 2.67. The molecule has 0 aromatic heterocycles. The van der Waals surface area contributed by atoms with E-state index in [0.717, 1.165) is 34.2 Å². The molecular weight excluding hydrogens is 449 g/mol. The second kappa shape index (κ2) is 7.72. The fraction of sp³-hybridized carbons (Fsp3) is 0.381. The van der Waals surface area contributed by atoms with E-state index in [2.05, 4.69) is 58.7 Å². The van der Waals surface area contributed by atoms with Gasteiger partial charge in [-0.15, -0.1) is 0 Å². The van der Waals surface area contributed by atoms with Crippen LogP contribution in [-0.2, 0) is 0 Å². The lowest BCUT2D eigenvalue weighted by molar-refractivity contribution is 0.207. The van der Waals surface area contributed by atoms with E-state index < -0.39 is 11.3 Å². The molecule has 0 amide bonds. The first-order chi connectivity index (χ1) is 13.0. The van der Waals surface area contributed by atoms with Crippen molar-refractivity contribution in [2.45, 2.75) is 19.3 Å². The molecular formula is C21H20IN5. The summed E-state index contributed by atoms with van der Waals surface area (Å²) in [5.74, 6) is -0.532. The number of halogens is 1. The Hall–Kier alpha value is -2.34. The van der Waals surface area contributed by atoms with Gasteiger partial charge < -0.3 is 5.73 Å². The van der Waals surface area contributed by atoms with Gasteiger partial charge in [-0.25, -0.2) is 0 Å². The Morgan fingerprint density at radius 1 is 1.30 bits per heavy atom. The number of nitrogens with two attached hydrogens (primary N) is 1. The Labute approximate surface area is 173 Å². The van der Waals surface area contributed by atoms with Crippen molar-refractivity contribution in [1.29, 1.82) is 15.8 Å². The minimum Gasteiger partial charge on any atom is -0.399 e. The minimum absolute atomic E-state index is 0.0882. The standard InChI is InChI=1S/C21H20IN5/c1-2-7-27-8-6-16-17(10-23)20(26)21(12-24,13-25)19(18(16)11-27)14-4-3-5-15(22)9-14/h3-6,9,18-19H,2,7-8,11,26H2,1H3/t18-,19-/m0/s1. The van der Waals surface area contributed by atoms with E-state index in [1.807, 2.05) is 24.3 Å². The highest BCUT2D eigenvalue weighted by Crippen LogP contribution is 2.54. The van der Waals surface area contributed by atoms with Crippen molar-refractivity contribution in [3.05, 3.63) is 56.3 Å². The third-order valence-electron chi connectivity index (χ3n) is 5.49. The van der Waals surface area contributed by atoms with Gasteiger partial charge in [0.1, 0.15) is 6.07 Å². The summed E-state index contributed by atoms with van der Waals surface area (Å²) in [5.41, 5.74) is 6.96. The maximum Gasteiger partial charge on any atom is 0.191 e. The van der Waals surface area contributed by atoms with Crippen LogP contribution in [0.25, 0.3) is 0 Å². The van der Waals surface area contributed by atoms with Crippen LogP contribution in [-0.4, -0.2) is 24.5 Å². The van der Waals surface area contributed by atoms with Gasteiger partial charge in [0, 0.05) is 28.5 Å². The van der Waals surface area contributed by atoms with Crippen LogP contribution >= 0.6 is 22.6 Å². The summed E-state index contributed by atoms with van der Waals surface area (Å²) in [6.07, 6.45) is 3.07. The van der Waals surface area contributed by atoms with Crippen LogP contribution < -0.4 is 5.73 Å². The fourth-order valence-electron chi connectivity index (χ4n) is 4.31. The topological polar surface area (TPSA) is 101 Å². The van der Waals surface area contributed by atoms with Crippen molar-refractivity contribution >= 4 is 22.6 Å². The third-order valence-corrected chi connectivity index (χ3v) is 6.16. The molecule has 2 atom stereocenters. The number of nitriles is 3. The number of fused-ring (bicyclic) bond motifs is 1. The van der Waals surface area contributed by atoms with Crippen LogP contribution in [0, 0.1) is 48.9 Å². The highest BCUT2D eigenvalue weighted by molar-refractivity contribution is 14.1. The first-order valence-corrected chi connectivity index (χ1v) is 10.0. The molecule has 0 bridgehead atoms. The number of hydrogen-bond donors (Lipinski definition) is 1. The first-order valence-electron chi connectivity index (χ1n) is 8.93. The second-order valence-corrected chi connectivity index (χ2v) is 8.24. The number of rotatable bonds is 3. The van der Waals surface area contributed by atoms with Gasteiger partial charge in [0.05, 0.1) is 23.4 Å². The van der Waals surface area contributed by atoms with E-state index in [0.29, 0.717) is 12.1 Å². The van der Waals surface area contributed by atoms with Gasteiger partial charge in [0.15, 0.2) is 5.41 Å². The van der Waals surface area contributed by atoms with Crippen molar-refractivity contribution in [2.24, 2.45) is 17.1 Å². The lowest BCUT2D eigenvalue weighted by Crippen LogP contribution is -2.48. The molecule has 2 N–H and O–H groups in total. The van der Waals surface area contributed by atoms with E-state index in [9.17, 15) is 15.8 Å². The van der Waals surface area contributed by atoms with Crippen LogP contribution in [0.2, 0.25) is 0 Å². The average molecular weight is 469 g/mol. The molecule has 1 aromatic carbocycles. The molecule has 5 nitrogen and oxygen atoms in total. The SMILES string of the molecule is CCCN1CC=C2C(C#N)=C(N)C(C#N)(C#N)[C@@H](c3cccc(I)c3)[C@H]2C1. The molecule has 0 saturated carbocycles. The molecule has 1 aliphatic heterocycles. The number of benzene rings is 1. The van der Waals surface area contributed by atoms with E-state index in [1.54, 1.807) is 0 Å². The summed E-state index contributed by atoms with van der Waals surface area (Å²) < 4.78 is 1.04. The van der Waals surface area contributed by atoms with Crippen LogP contribution in [0.3, 0.4) is 0 Å². The lowest BCUT2D eigenvalue weighted by atomic mass is 9.58. The van der Waals surface area contributed by atoms with Gasteiger partial charge in [-0.3, -0.25) is 4.90 Å². The van der Waals surface area contributed by atoms with Crippen LogP contribution in [0.4, 0.5) is 0 Å². The Bertz CT molecular complexity index is 927. The van der Waals surface area contributed by atoms with Crippen LogP contribution in [0.15, 0.2) is 47.2 Å². The molecule has 0 radical (unpaired) electrons. The van der Waals surface area contributed by atoms with E-state index >= 15 is 0 Å². The van der Waals surface area contributed by atoms with Gasteiger partial charge in [-0.05, 0) is 58.8 Å². The fourth-order valence-corrected chi connectivity index (χ4v) is 4.88. The Morgan fingerprint density at radius 3 is 2.63 bits per heavy atom. The van der Waals surface area contributed by atoms with Crippen LogP contribution in [0.5, 0.6) is 0 Å². The number of hydrogen-bond acceptors (Lipinski definition) is 5. The lowest BCUT2D eigenvalue weighted by Gasteiger charge is -2.45. The zero-order valence-corrected chi connectivity index (χ0v) is 17.3. The third kappa shape index (κ3) is 3.12. The Balaban J connectivity index is 2.27. The maximum absolute atomic E-state index is 10.1. The van der Waals surface area contributed by atoms with E-state index in [-0.39, 0.29) is 11.6 Å². The van der Waals surface area contributed by atoms with Crippen molar-refractivity contribution in [3.63, 3.8) is 0 Å². The first kappa shape index (κ1) is 19.4. The predicted octanol–water partition coefficient (Wildman–Crippen LogP) is 3.43. The maximum atomic E-state index is 10.1. The minimum atomic E-state index is -1.55. The molecule has 27 heavy (non-hydrogen) atoms. The zero-order chi connectivity index (χ0) is 19.6. The van der Waals surface area contributed by atoms with Crippen molar-refractivity contribution in [3.8, 4) is 18.2 Å². The molecule has 6 heteroatoms. The summed E-state index contributed by atoms with van der Waals surface area (Å²) in [7, 11) is 0. The Morgan fingerprint density at radius 2 is 2.04 bits per heavy atom. The van der Waals surface area contributed by atoms with Crippen LogP contribution in [0.1, 0.15) is 24.8 Å². The Kier molecular flexibility index (Phi) is 5.56. The highest BCUT2D eigenvalue weighted by Gasteiger charge is 2.54. The van der Waals surface area contributed by atoms with Gasteiger partial charge in [0.25, 0.3) is 0 Å². The smallest absolute Gasteiger partial charge is 0.191 e. The molecule has 2 aliphatic rings. The van der Waals surface area contributed by atoms with Gasteiger partial charge >= 0.3 is 0 Å². The molecule has 0 unspecified atom stereocenters. The molecule has 3 rings (SSSR count). The van der Waals surface area contributed by atoms with Gasteiger partial charge in [-0.1, -0.05) is 25.1 Å². The zero-order valence-electron chi connectivity index (χ0n) is 15.1. The summed E-state index contributed by atoms with van der Waals surface area (Å²) in [4.78, 5) is 2.31. The number of allylic oxidation sites excluding steroid dienone is 2. The molecule has 0 saturated heterocycles. The largest absolute Gasteiger partial charge is 0.399 e. The van der Waals surface area contributed by atoms with Crippen molar-refractivity contribution in [1.82, 2.24) is 4.90 Å². The van der Waals surface area contributed by atoms with E-state index in [4.69, 9.17) is 5.73 Å². The van der Waals surface area contributed by atoms with Crippen molar-refractivity contribution in [2.75, 3.05) is 19.6 Å². The second-order valence-electron chi connectivity index (χ2n) is 6.99. The van der Waals surface area contributed by atoms with Gasteiger partial charge in [0.2, 0.25) is 0 Å².